The molecule has 1 unspecified atom stereocenters. The fourth-order valence-electron chi connectivity index (χ4n) is 3.48. The maximum Gasteiger partial charge on any atom is 0.291 e. The summed E-state index contributed by atoms with van der Waals surface area (Å²) < 4.78 is 12.8. The highest BCUT2D eigenvalue weighted by Crippen LogP contribution is 2.27. The topological polar surface area (TPSA) is 69.6 Å². The number of fused-ring (bicyclic) bond motifs is 2. The van der Waals surface area contributed by atoms with Crippen molar-refractivity contribution in [2.24, 2.45) is 0 Å². The maximum absolute atomic E-state index is 12.7. The normalized spacial score (nSPS) is 13.4. The van der Waals surface area contributed by atoms with E-state index in [-0.39, 0.29) is 11.5 Å². The molecule has 0 radical (unpaired) electrons. The molecule has 3 heterocycles. The third-order valence-electron chi connectivity index (χ3n) is 5.19. The number of rotatable bonds is 4. The van der Waals surface area contributed by atoms with E-state index in [9.17, 15) is 4.79 Å². The van der Waals surface area contributed by atoms with Gasteiger partial charge in [-0.3, -0.25) is 4.79 Å². The maximum atomic E-state index is 12.7. The summed E-state index contributed by atoms with van der Waals surface area (Å²) in [6.45, 7) is 3.92. The Labute approximate surface area is 176 Å². The van der Waals surface area contributed by atoms with Gasteiger partial charge in [0.25, 0.3) is 5.56 Å². The zero-order valence-corrected chi connectivity index (χ0v) is 17.6. The van der Waals surface area contributed by atoms with Gasteiger partial charge in [0.05, 0.1) is 7.11 Å². The molecule has 0 spiro atoms. The Morgan fingerprint density at radius 2 is 1.93 bits per heavy atom. The second-order valence-corrected chi connectivity index (χ2v) is 8.23. The number of hydrogen-bond donors (Lipinski definition) is 0. The Morgan fingerprint density at radius 3 is 2.67 bits per heavy atom. The summed E-state index contributed by atoms with van der Waals surface area (Å²) in [6, 6.07) is 16.0. The van der Waals surface area contributed by atoms with E-state index in [0.29, 0.717) is 21.1 Å². The Bertz CT molecular complexity index is 1500. The molecule has 3 aromatic heterocycles. The zero-order chi connectivity index (χ0) is 20.8. The number of thiazole rings is 1. The first-order valence-electron chi connectivity index (χ1n) is 9.57. The fraction of sp³-hybridized carbons (Fsp3) is 0.174. The molecule has 0 amide bonds. The highest BCUT2D eigenvalue weighted by Gasteiger charge is 2.18. The number of furan rings is 1. The van der Waals surface area contributed by atoms with E-state index < -0.39 is 0 Å². The van der Waals surface area contributed by atoms with Crippen molar-refractivity contribution in [2.45, 2.75) is 19.8 Å². The van der Waals surface area contributed by atoms with Crippen molar-refractivity contribution in [3.05, 3.63) is 86.3 Å². The lowest BCUT2D eigenvalue weighted by Gasteiger charge is -2.10. The van der Waals surface area contributed by atoms with Crippen molar-refractivity contribution < 1.29 is 9.15 Å². The molecule has 150 valence electrons. The van der Waals surface area contributed by atoms with Gasteiger partial charge in [0, 0.05) is 12.0 Å². The lowest BCUT2D eigenvalue weighted by molar-refractivity contribution is 0.415. The molecular weight excluding hydrogens is 398 g/mol. The molecule has 0 saturated heterocycles. The van der Waals surface area contributed by atoms with Gasteiger partial charge in [0.1, 0.15) is 21.8 Å². The standard InChI is InChI=1S/C23H19N3O3S/c1-13-4-8-19(29-13)12-20-22(27)26-23(30-20)24-21(25-26)14(2)15-5-6-17-11-18(28-3)9-7-16(17)10-15/h4-12,14H,1-3H3/b20-12-. The molecular formula is C23H19N3O3S. The number of benzene rings is 2. The van der Waals surface area contributed by atoms with Gasteiger partial charge in [-0.15, -0.1) is 5.10 Å². The van der Waals surface area contributed by atoms with Crippen LogP contribution in [0, 0.1) is 6.92 Å². The molecule has 5 rings (SSSR count). The Hall–Kier alpha value is -3.45. The molecule has 2 aromatic carbocycles. The minimum absolute atomic E-state index is 0.0387. The number of aryl methyl sites for hydroxylation is 1. The van der Waals surface area contributed by atoms with E-state index in [4.69, 9.17) is 9.15 Å². The van der Waals surface area contributed by atoms with E-state index in [1.165, 1.54) is 15.9 Å². The number of nitrogens with zero attached hydrogens (tertiary/aromatic N) is 3. The highest BCUT2D eigenvalue weighted by molar-refractivity contribution is 7.15. The molecule has 1 atom stereocenters. The number of hydrogen-bond acceptors (Lipinski definition) is 6. The zero-order valence-electron chi connectivity index (χ0n) is 16.7. The van der Waals surface area contributed by atoms with Crippen LogP contribution in [0.5, 0.6) is 5.75 Å². The largest absolute Gasteiger partial charge is 0.497 e. The molecule has 5 aromatic rings. The lowest BCUT2D eigenvalue weighted by Crippen LogP contribution is -2.23. The van der Waals surface area contributed by atoms with Gasteiger partial charge in [-0.05, 0) is 47.5 Å². The van der Waals surface area contributed by atoms with Crippen molar-refractivity contribution in [3.8, 4) is 5.75 Å². The van der Waals surface area contributed by atoms with Gasteiger partial charge < -0.3 is 9.15 Å². The predicted molar refractivity (Wildman–Crippen MR) is 117 cm³/mol. The summed E-state index contributed by atoms with van der Waals surface area (Å²) in [4.78, 5) is 17.9. The molecule has 0 saturated carbocycles. The molecule has 7 heteroatoms. The van der Waals surface area contributed by atoms with Crippen molar-refractivity contribution in [1.29, 1.82) is 0 Å². The monoisotopic (exact) mass is 417 g/mol. The Kier molecular flexibility index (Phi) is 4.40. The summed E-state index contributed by atoms with van der Waals surface area (Å²) in [5.74, 6) is 2.88. The van der Waals surface area contributed by atoms with Crippen LogP contribution in [0.25, 0.3) is 21.8 Å². The van der Waals surface area contributed by atoms with Gasteiger partial charge in [-0.25, -0.2) is 4.98 Å². The van der Waals surface area contributed by atoms with E-state index in [2.05, 4.69) is 28.3 Å². The van der Waals surface area contributed by atoms with Crippen LogP contribution in [-0.4, -0.2) is 21.7 Å². The smallest absolute Gasteiger partial charge is 0.291 e. The summed E-state index contributed by atoms with van der Waals surface area (Å²) in [5.41, 5.74) is 0.914. The minimum atomic E-state index is -0.180. The number of aromatic nitrogens is 3. The average Bonchev–Trinajstić information content (AvgIpc) is 3.44. The van der Waals surface area contributed by atoms with Crippen molar-refractivity contribution >= 4 is 33.1 Å². The van der Waals surface area contributed by atoms with Gasteiger partial charge in [0.2, 0.25) is 4.96 Å². The average molecular weight is 417 g/mol. The van der Waals surface area contributed by atoms with Gasteiger partial charge in [-0.1, -0.05) is 42.5 Å². The van der Waals surface area contributed by atoms with Crippen LogP contribution in [0.4, 0.5) is 0 Å². The number of ether oxygens (including phenoxy) is 1. The van der Waals surface area contributed by atoms with Gasteiger partial charge in [0.15, 0.2) is 5.82 Å². The van der Waals surface area contributed by atoms with Crippen LogP contribution in [0.15, 0.2) is 57.7 Å². The quantitative estimate of drug-likeness (QED) is 0.443. The molecule has 0 bridgehead atoms. The second-order valence-electron chi connectivity index (χ2n) is 7.22. The predicted octanol–water partition coefficient (Wildman–Crippen LogP) is 3.91. The summed E-state index contributed by atoms with van der Waals surface area (Å²) in [5, 5.41) is 6.73. The van der Waals surface area contributed by atoms with Crippen LogP contribution in [-0.2, 0) is 0 Å². The Morgan fingerprint density at radius 1 is 1.13 bits per heavy atom. The van der Waals surface area contributed by atoms with Crippen LogP contribution >= 0.6 is 11.3 Å². The van der Waals surface area contributed by atoms with Crippen LogP contribution in [0.3, 0.4) is 0 Å². The highest BCUT2D eigenvalue weighted by atomic mass is 32.1. The molecule has 0 fully saturated rings. The van der Waals surface area contributed by atoms with E-state index >= 15 is 0 Å². The fourth-order valence-corrected chi connectivity index (χ4v) is 4.38. The summed E-state index contributed by atoms with van der Waals surface area (Å²) in [6.07, 6.45) is 1.73. The van der Waals surface area contributed by atoms with E-state index in [0.717, 1.165) is 27.8 Å². The molecule has 0 aliphatic carbocycles. The van der Waals surface area contributed by atoms with Crippen molar-refractivity contribution in [1.82, 2.24) is 14.6 Å². The van der Waals surface area contributed by atoms with Gasteiger partial charge >= 0.3 is 0 Å². The van der Waals surface area contributed by atoms with E-state index in [1.54, 1.807) is 13.2 Å². The van der Waals surface area contributed by atoms with Crippen LogP contribution < -0.4 is 14.8 Å². The van der Waals surface area contributed by atoms with Crippen LogP contribution in [0.1, 0.15) is 35.7 Å². The van der Waals surface area contributed by atoms with E-state index in [1.807, 2.05) is 44.2 Å². The number of methoxy groups -OCH3 is 1. The molecule has 6 nitrogen and oxygen atoms in total. The second kappa shape index (κ2) is 7.11. The molecule has 30 heavy (non-hydrogen) atoms. The SMILES string of the molecule is COc1ccc2cc(C(C)c3nc4s/c(=C\c5ccc(C)o5)c(=O)n4n3)ccc2c1. The first kappa shape index (κ1) is 18.6. The summed E-state index contributed by atoms with van der Waals surface area (Å²) in [7, 11) is 1.66. The molecule has 0 N–H and O–H groups in total. The van der Waals surface area contributed by atoms with Crippen molar-refractivity contribution in [2.75, 3.05) is 7.11 Å². The minimum Gasteiger partial charge on any atom is -0.497 e. The van der Waals surface area contributed by atoms with Crippen LogP contribution in [0.2, 0.25) is 0 Å². The summed E-state index contributed by atoms with van der Waals surface area (Å²) >= 11 is 1.32. The van der Waals surface area contributed by atoms with Gasteiger partial charge in [-0.2, -0.15) is 4.52 Å². The lowest BCUT2D eigenvalue weighted by atomic mass is 9.97. The van der Waals surface area contributed by atoms with Crippen molar-refractivity contribution in [3.63, 3.8) is 0 Å². The molecule has 0 aliphatic heterocycles. The Balaban J connectivity index is 1.51. The third-order valence-corrected chi connectivity index (χ3v) is 6.15. The first-order valence-corrected chi connectivity index (χ1v) is 10.4. The first-order chi connectivity index (χ1) is 14.5. The molecule has 0 aliphatic rings. The third kappa shape index (κ3) is 3.17.